The van der Waals surface area contributed by atoms with Gasteiger partial charge in [0, 0.05) is 21.0 Å². The fourth-order valence-electron chi connectivity index (χ4n) is 2.15. The van der Waals surface area contributed by atoms with Gasteiger partial charge < -0.3 is 9.73 Å². The van der Waals surface area contributed by atoms with Crippen molar-refractivity contribution in [2.24, 2.45) is 0 Å². The van der Waals surface area contributed by atoms with E-state index in [2.05, 4.69) is 5.32 Å². The third kappa shape index (κ3) is 3.41. The van der Waals surface area contributed by atoms with Gasteiger partial charge in [0.05, 0.1) is 0 Å². The molecular weight excluding hydrogens is 334 g/mol. The number of anilines is 1. The van der Waals surface area contributed by atoms with Gasteiger partial charge in [0.15, 0.2) is 0 Å². The van der Waals surface area contributed by atoms with Crippen molar-refractivity contribution < 1.29 is 9.21 Å². The van der Waals surface area contributed by atoms with Crippen LogP contribution >= 0.6 is 23.4 Å². The highest BCUT2D eigenvalue weighted by molar-refractivity contribution is 7.98. The summed E-state index contributed by atoms with van der Waals surface area (Å²) in [6.07, 6.45) is 1.95. The van der Waals surface area contributed by atoms with Crippen molar-refractivity contribution in [1.82, 2.24) is 0 Å². The number of carbonyl (C=O) groups is 1. The molecule has 6 heteroatoms. The van der Waals surface area contributed by atoms with Crippen molar-refractivity contribution in [3.8, 4) is 0 Å². The van der Waals surface area contributed by atoms with Crippen molar-refractivity contribution in [2.75, 3.05) is 11.6 Å². The van der Waals surface area contributed by atoms with Gasteiger partial charge in [-0.2, -0.15) is 0 Å². The molecular formula is C17H12ClNO3S. The first-order chi connectivity index (χ1) is 11.1. The topological polar surface area (TPSA) is 59.3 Å². The van der Waals surface area contributed by atoms with Gasteiger partial charge in [-0.1, -0.05) is 17.7 Å². The average Bonchev–Trinajstić information content (AvgIpc) is 2.54. The van der Waals surface area contributed by atoms with Crippen molar-refractivity contribution in [3.05, 3.63) is 69.5 Å². The summed E-state index contributed by atoms with van der Waals surface area (Å²) in [5.41, 5.74) is 0.264. The number of fused-ring (bicyclic) bond motifs is 1. The molecule has 4 nitrogen and oxygen atoms in total. The van der Waals surface area contributed by atoms with Gasteiger partial charge in [-0.15, -0.1) is 11.8 Å². The van der Waals surface area contributed by atoms with Crippen LogP contribution in [0.25, 0.3) is 11.0 Å². The first-order valence-corrected chi connectivity index (χ1v) is 8.36. The van der Waals surface area contributed by atoms with E-state index in [1.54, 1.807) is 36.0 Å². The van der Waals surface area contributed by atoms with E-state index in [4.69, 9.17) is 16.0 Å². The number of benzene rings is 2. The largest absolute Gasteiger partial charge is 0.422 e. The number of nitrogens with one attached hydrogen (secondary N) is 1. The molecule has 0 radical (unpaired) electrons. The maximum absolute atomic E-state index is 12.4. The quantitative estimate of drug-likeness (QED) is 0.564. The molecule has 1 N–H and O–H groups in total. The second-order valence-electron chi connectivity index (χ2n) is 4.82. The van der Waals surface area contributed by atoms with E-state index in [0.717, 1.165) is 4.90 Å². The number of hydrogen-bond acceptors (Lipinski definition) is 4. The summed E-state index contributed by atoms with van der Waals surface area (Å²) in [5, 5.41) is 3.81. The Hall–Kier alpha value is -2.24. The average molecular weight is 346 g/mol. The monoisotopic (exact) mass is 345 g/mol. The lowest BCUT2D eigenvalue weighted by Crippen LogP contribution is -2.20. The predicted octanol–water partition coefficient (Wildman–Crippen LogP) is 4.42. The number of amides is 1. The molecule has 0 bridgehead atoms. The lowest BCUT2D eigenvalue weighted by molar-refractivity contribution is 0.102. The van der Waals surface area contributed by atoms with Crippen LogP contribution in [-0.4, -0.2) is 12.2 Å². The molecule has 1 aromatic heterocycles. The first kappa shape index (κ1) is 15.6. The minimum atomic E-state index is -0.682. The van der Waals surface area contributed by atoms with Crippen molar-refractivity contribution in [1.29, 1.82) is 0 Å². The van der Waals surface area contributed by atoms with E-state index in [9.17, 15) is 9.59 Å². The first-order valence-electron chi connectivity index (χ1n) is 6.75. The molecule has 0 unspecified atom stereocenters. The summed E-state index contributed by atoms with van der Waals surface area (Å²) >= 11 is 7.50. The molecule has 116 valence electrons. The fraction of sp³-hybridized carbons (Fsp3) is 0.0588. The SMILES string of the molecule is CSc1cccc(NC(=O)c2cc3cc(Cl)ccc3oc2=O)c1. The maximum atomic E-state index is 12.4. The van der Waals surface area contributed by atoms with Crippen LogP contribution in [0.5, 0.6) is 0 Å². The number of rotatable bonds is 3. The standard InChI is InChI=1S/C17H12ClNO3S/c1-23-13-4-2-3-12(9-13)19-16(20)14-8-10-7-11(18)5-6-15(10)22-17(14)21/h2-9H,1H3,(H,19,20). The lowest BCUT2D eigenvalue weighted by atomic mass is 10.1. The molecule has 23 heavy (non-hydrogen) atoms. The summed E-state index contributed by atoms with van der Waals surface area (Å²) in [6.45, 7) is 0. The van der Waals surface area contributed by atoms with E-state index >= 15 is 0 Å². The maximum Gasteiger partial charge on any atom is 0.349 e. The highest BCUT2D eigenvalue weighted by atomic mass is 35.5. The smallest absolute Gasteiger partial charge is 0.349 e. The van der Waals surface area contributed by atoms with Gasteiger partial charge in [0.25, 0.3) is 5.91 Å². The molecule has 0 spiro atoms. The van der Waals surface area contributed by atoms with Crippen LogP contribution in [0.2, 0.25) is 5.02 Å². The van der Waals surface area contributed by atoms with E-state index in [1.807, 2.05) is 24.5 Å². The minimum Gasteiger partial charge on any atom is -0.422 e. The molecule has 0 aliphatic carbocycles. The highest BCUT2D eigenvalue weighted by Gasteiger charge is 2.14. The van der Waals surface area contributed by atoms with Gasteiger partial charge in [-0.05, 0) is 48.7 Å². The van der Waals surface area contributed by atoms with Crippen LogP contribution in [0.15, 0.2) is 62.6 Å². The van der Waals surface area contributed by atoms with Crippen molar-refractivity contribution in [2.45, 2.75) is 4.90 Å². The molecule has 1 heterocycles. The molecule has 0 atom stereocenters. The van der Waals surface area contributed by atoms with Crippen LogP contribution in [0.4, 0.5) is 5.69 Å². The van der Waals surface area contributed by atoms with Crippen LogP contribution in [0.1, 0.15) is 10.4 Å². The Morgan fingerprint density at radius 3 is 2.78 bits per heavy atom. The van der Waals surface area contributed by atoms with E-state index < -0.39 is 11.5 Å². The second-order valence-corrected chi connectivity index (χ2v) is 6.13. The Balaban J connectivity index is 1.96. The molecule has 3 aromatic rings. The normalized spacial score (nSPS) is 10.7. The predicted molar refractivity (Wildman–Crippen MR) is 93.7 cm³/mol. The molecule has 0 saturated carbocycles. The molecule has 0 aliphatic heterocycles. The van der Waals surface area contributed by atoms with Gasteiger partial charge >= 0.3 is 5.63 Å². The molecule has 0 saturated heterocycles. The second kappa shape index (κ2) is 6.48. The van der Waals surface area contributed by atoms with Gasteiger partial charge in [0.2, 0.25) is 0 Å². The fourth-order valence-corrected chi connectivity index (χ4v) is 2.79. The summed E-state index contributed by atoms with van der Waals surface area (Å²) < 4.78 is 5.17. The van der Waals surface area contributed by atoms with Gasteiger partial charge in [-0.25, -0.2) is 4.79 Å². The number of carbonyl (C=O) groups excluding carboxylic acids is 1. The van der Waals surface area contributed by atoms with Crippen molar-refractivity contribution in [3.63, 3.8) is 0 Å². The number of thioether (sulfide) groups is 1. The summed E-state index contributed by atoms with van der Waals surface area (Å²) in [6, 6.07) is 13.7. The summed E-state index contributed by atoms with van der Waals surface area (Å²) in [4.78, 5) is 25.4. The lowest BCUT2D eigenvalue weighted by Gasteiger charge is -2.06. The Morgan fingerprint density at radius 2 is 2.00 bits per heavy atom. The van der Waals surface area contributed by atoms with Crippen LogP contribution in [0.3, 0.4) is 0 Å². The Labute approximate surface area is 141 Å². The van der Waals surface area contributed by atoms with Crippen molar-refractivity contribution >= 4 is 45.9 Å². The number of hydrogen-bond donors (Lipinski definition) is 1. The zero-order valence-electron chi connectivity index (χ0n) is 12.1. The van der Waals surface area contributed by atoms with Crippen LogP contribution < -0.4 is 10.9 Å². The van der Waals surface area contributed by atoms with E-state index in [-0.39, 0.29) is 5.56 Å². The summed E-state index contributed by atoms with van der Waals surface area (Å²) in [5.74, 6) is -0.515. The minimum absolute atomic E-state index is 0.0608. The molecule has 0 fully saturated rings. The molecule has 2 aromatic carbocycles. The van der Waals surface area contributed by atoms with Gasteiger partial charge in [-0.3, -0.25) is 4.79 Å². The highest BCUT2D eigenvalue weighted by Crippen LogP contribution is 2.21. The Kier molecular flexibility index (Phi) is 4.41. The van der Waals surface area contributed by atoms with Gasteiger partial charge in [0.1, 0.15) is 11.1 Å². The number of halogens is 1. The third-order valence-electron chi connectivity index (χ3n) is 3.27. The van der Waals surface area contributed by atoms with Crippen LogP contribution in [0, 0.1) is 0 Å². The zero-order valence-corrected chi connectivity index (χ0v) is 13.7. The van der Waals surface area contributed by atoms with E-state index in [0.29, 0.717) is 21.7 Å². The molecule has 3 rings (SSSR count). The van der Waals surface area contributed by atoms with E-state index in [1.165, 1.54) is 6.07 Å². The summed E-state index contributed by atoms with van der Waals surface area (Å²) in [7, 11) is 0. The molecule has 1 amide bonds. The molecule has 0 aliphatic rings. The van der Waals surface area contributed by atoms with Crippen LogP contribution in [-0.2, 0) is 0 Å². The Morgan fingerprint density at radius 1 is 1.17 bits per heavy atom. The zero-order chi connectivity index (χ0) is 16.4. The third-order valence-corrected chi connectivity index (χ3v) is 4.23. The Bertz CT molecular complexity index is 952.